The van der Waals surface area contributed by atoms with Gasteiger partial charge < -0.3 is 14.9 Å². The van der Waals surface area contributed by atoms with Gasteiger partial charge >= 0.3 is 5.97 Å². The molecule has 22 heavy (non-hydrogen) atoms. The van der Waals surface area contributed by atoms with Crippen LogP contribution in [0.15, 0.2) is 12.2 Å². The van der Waals surface area contributed by atoms with E-state index in [4.69, 9.17) is 9.84 Å². The molecule has 1 saturated heterocycles. The van der Waals surface area contributed by atoms with Crippen molar-refractivity contribution < 1.29 is 19.7 Å². The first-order valence-electron chi connectivity index (χ1n) is 8.87. The molecule has 0 aromatic rings. The third kappa shape index (κ3) is 9.21. The number of aliphatic hydroxyl groups excluding tert-OH is 1. The normalized spacial score (nSPS) is 22.1. The molecule has 3 unspecified atom stereocenters. The molecule has 4 nitrogen and oxygen atoms in total. The molecule has 0 aliphatic carbocycles. The molecule has 0 saturated carbocycles. The Morgan fingerprint density at radius 1 is 1.14 bits per heavy atom. The number of unbranched alkanes of at least 4 members (excludes halogenated alkanes) is 7. The van der Waals surface area contributed by atoms with E-state index in [1.165, 1.54) is 19.3 Å². The van der Waals surface area contributed by atoms with Crippen LogP contribution in [0.1, 0.15) is 77.6 Å². The molecule has 1 aliphatic heterocycles. The van der Waals surface area contributed by atoms with Gasteiger partial charge in [0.05, 0.1) is 6.10 Å². The molecule has 0 bridgehead atoms. The van der Waals surface area contributed by atoms with Gasteiger partial charge in [-0.15, -0.1) is 0 Å². The third-order valence-electron chi connectivity index (χ3n) is 4.15. The molecule has 4 heteroatoms. The maximum atomic E-state index is 10.4. The molecule has 128 valence electrons. The summed E-state index contributed by atoms with van der Waals surface area (Å²) in [5.74, 6) is -0.702. The van der Waals surface area contributed by atoms with Gasteiger partial charge in [0.15, 0.2) is 0 Å². The van der Waals surface area contributed by atoms with E-state index in [-0.39, 0.29) is 18.6 Å². The van der Waals surface area contributed by atoms with E-state index in [1.54, 1.807) is 0 Å². The standard InChI is InChI=1S/C18H32O4/c1-2-3-9-13-16-18(22-16)15(19)12-10-7-5-4-6-8-11-14-17(20)21/h10,12,15-16,18-19H,2-9,11,13-14H2,1H3,(H,20,21)/b12-10+. The summed E-state index contributed by atoms with van der Waals surface area (Å²) in [6, 6.07) is 0. The first kappa shape index (κ1) is 19.2. The van der Waals surface area contributed by atoms with Crippen LogP contribution in [-0.2, 0) is 9.53 Å². The molecule has 0 spiro atoms. The van der Waals surface area contributed by atoms with Crippen LogP contribution in [0.25, 0.3) is 0 Å². The highest BCUT2D eigenvalue weighted by atomic mass is 16.6. The number of carboxylic acid groups (broad SMARTS) is 1. The number of epoxide rings is 1. The molecular weight excluding hydrogens is 280 g/mol. The lowest BCUT2D eigenvalue weighted by Crippen LogP contribution is -2.13. The molecule has 1 rings (SSSR count). The zero-order chi connectivity index (χ0) is 16.2. The van der Waals surface area contributed by atoms with E-state index in [1.807, 2.05) is 12.2 Å². The van der Waals surface area contributed by atoms with Crippen molar-refractivity contribution in [1.29, 1.82) is 0 Å². The van der Waals surface area contributed by atoms with Crippen molar-refractivity contribution in [2.45, 2.75) is 95.9 Å². The van der Waals surface area contributed by atoms with Crippen molar-refractivity contribution in [2.24, 2.45) is 0 Å². The largest absolute Gasteiger partial charge is 0.481 e. The van der Waals surface area contributed by atoms with Crippen molar-refractivity contribution in [1.82, 2.24) is 0 Å². The monoisotopic (exact) mass is 312 g/mol. The number of aliphatic hydroxyl groups is 1. The van der Waals surface area contributed by atoms with Crippen molar-refractivity contribution in [3.05, 3.63) is 12.2 Å². The minimum atomic E-state index is -0.702. The molecule has 1 fully saturated rings. The van der Waals surface area contributed by atoms with Gasteiger partial charge in [0, 0.05) is 6.42 Å². The highest BCUT2D eigenvalue weighted by molar-refractivity contribution is 5.66. The summed E-state index contributed by atoms with van der Waals surface area (Å²) < 4.78 is 5.52. The number of hydrogen-bond acceptors (Lipinski definition) is 3. The van der Waals surface area contributed by atoms with Crippen molar-refractivity contribution in [2.75, 3.05) is 0 Å². The molecule has 1 heterocycles. The number of allylic oxidation sites excluding steroid dienone is 1. The van der Waals surface area contributed by atoms with Crippen LogP contribution < -0.4 is 0 Å². The first-order valence-corrected chi connectivity index (χ1v) is 8.87. The van der Waals surface area contributed by atoms with E-state index in [2.05, 4.69) is 6.92 Å². The smallest absolute Gasteiger partial charge is 0.303 e. The number of carbonyl (C=O) groups is 1. The average molecular weight is 312 g/mol. The molecule has 0 aromatic heterocycles. The average Bonchev–Trinajstić information content (AvgIpc) is 3.25. The summed E-state index contributed by atoms with van der Waals surface area (Å²) in [4.78, 5) is 10.4. The number of carboxylic acids is 1. The molecular formula is C18H32O4. The molecule has 3 atom stereocenters. The van der Waals surface area contributed by atoms with Crippen LogP contribution in [-0.4, -0.2) is 34.5 Å². The summed E-state index contributed by atoms with van der Waals surface area (Å²) in [6.07, 6.45) is 14.8. The van der Waals surface area contributed by atoms with Gasteiger partial charge in [0.2, 0.25) is 0 Å². The second-order valence-corrected chi connectivity index (χ2v) is 6.25. The zero-order valence-corrected chi connectivity index (χ0v) is 13.9. The van der Waals surface area contributed by atoms with Crippen molar-refractivity contribution in [3.63, 3.8) is 0 Å². The van der Waals surface area contributed by atoms with Gasteiger partial charge in [-0.05, 0) is 25.7 Å². The quantitative estimate of drug-likeness (QED) is 0.288. The van der Waals surface area contributed by atoms with Crippen LogP contribution >= 0.6 is 0 Å². The number of aliphatic carboxylic acids is 1. The molecule has 0 aromatic carbocycles. The topological polar surface area (TPSA) is 70.1 Å². The van der Waals surface area contributed by atoms with Crippen LogP contribution in [0, 0.1) is 0 Å². The third-order valence-corrected chi connectivity index (χ3v) is 4.15. The Labute approximate surface area is 134 Å². The Kier molecular flexibility index (Phi) is 10.2. The summed E-state index contributed by atoms with van der Waals surface area (Å²) in [5.41, 5.74) is 0. The van der Waals surface area contributed by atoms with Gasteiger partial charge in [0.1, 0.15) is 12.2 Å². The summed E-state index contributed by atoms with van der Waals surface area (Å²) in [7, 11) is 0. The van der Waals surface area contributed by atoms with Gasteiger partial charge in [-0.25, -0.2) is 0 Å². The minimum absolute atomic E-state index is 0.0177. The maximum absolute atomic E-state index is 10.4. The number of rotatable bonds is 14. The van der Waals surface area contributed by atoms with E-state index >= 15 is 0 Å². The lowest BCUT2D eigenvalue weighted by atomic mass is 10.1. The Bertz CT molecular complexity index is 327. The number of ether oxygens (including phenoxy) is 1. The minimum Gasteiger partial charge on any atom is -0.481 e. The van der Waals surface area contributed by atoms with Crippen LogP contribution in [0.4, 0.5) is 0 Å². The Morgan fingerprint density at radius 3 is 2.59 bits per heavy atom. The lowest BCUT2D eigenvalue weighted by molar-refractivity contribution is -0.137. The number of hydrogen-bond donors (Lipinski definition) is 2. The van der Waals surface area contributed by atoms with E-state index in [9.17, 15) is 9.90 Å². The summed E-state index contributed by atoms with van der Waals surface area (Å²) >= 11 is 0. The predicted octanol–water partition coefficient (Wildman–Crippen LogP) is 4.07. The van der Waals surface area contributed by atoms with Gasteiger partial charge in [-0.2, -0.15) is 0 Å². The van der Waals surface area contributed by atoms with Crippen LogP contribution in [0.2, 0.25) is 0 Å². The van der Waals surface area contributed by atoms with E-state index < -0.39 is 12.1 Å². The molecule has 0 amide bonds. The first-order chi connectivity index (χ1) is 10.6. The molecule has 2 N–H and O–H groups in total. The second-order valence-electron chi connectivity index (χ2n) is 6.25. The van der Waals surface area contributed by atoms with Crippen LogP contribution in [0.5, 0.6) is 0 Å². The lowest BCUT2D eigenvalue weighted by Gasteiger charge is -2.01. The zero-order valence-electron chi connectivity index (χ0n) is 13.9. The Balaban J connectivity index is 1.92. The fraction of sp³-hybridized carbons (Fsp3) is 0.833. The highest BCUT2D eigenvalue weighted by Crippen LogP contribution is 2.30. The fourth-order valence-corrected chi connectivity index (χ4v) is 2.70. The summed E-state index contributed by atoms with van der Waals surface area (Å²) in [5, 5.41) is 18.5. The summed E-state index contributed by atoms with van der Waals surface area (Å²) in [6.45, 7) is 2.19. The van der Waals surface area contributed by atoms with E-state index in [0.29, 0.717) is 0 Å². The van der Waals surface area contributed by atoms with Crippen molar-refractivity contribution in [3.8, 4) is 0 Å². The molecule has 0 radical (unpaired) electrons. The van der Waals surface area contributed by atoms with Crippen LogP contribution in [0.3, 0.4) is 0 Å². The van der Waals surface area contributed by atoms with Gasteiger partial charge in [0.25, 0.3) is 0 Å². The SMILES string of the molecule is CCCCCC1OC1C(O)/C=C/CCCCCCCC(=O)O. The maximum Gasteiger partial charge on any atom is 0.303 e. The second kappa shape index (κ2) is 11.7. The fourth-order valence-electron chi connectivity index (χ4n) is 2.70. The van der Waals surface area contributed by atoms with E-state index in [0.717, 1.165) is 44.9 Å². The van der Waals surface area contributed by atoms with Gasteiger partial charge in [-0.3, -0.25) is 4.79 Å². The Morgan fingerprint density at radius 2 is 1.86 bits per heavy atom. The predicted molar refractivity (Wildman–Crippen MR) is 87.9 cm³/mol. The Hall–Kier alpha value is -0.870. The molecule has 1 aliphatic rings. The van der Waals surface area contributed by atoms with Crippen molar-refractivity contribution >= 4 is 5.97 Å². The highest BCUT2D eigenvalue weighted by Gasteiger charge is 2.42. The van der Waals surface area contributed by atoms with Gasteiger partial charge in [-0.1, -0.05) is 57.6 Å².